The zero-order chi connectivity index (χ0) is 19.1. The Morgan fingerprint density at radius 2 is 2.07 bits per heavy atom. The number of ether oxygens (including phenoxy) is 2. The molecule has 8 heteroatoms. The molecule has 0 amide bonds. The lowest BCUT2D eigenvalue weighted by Crippen LogP contribution is -2.36. The van der Waals surface area contributed by atoms with E-state index >= 15 is 0 Å². The Hall–Kier alpha value is -3.13. The third-order valence-electron chi connectivity index (χ3n) is 4.31. The van der Waals surface area contributed by atoms with Gasteiger partial charge in [-0.2, -0.15) is 5.10 Å². The van der Waals surface area contributed by atoms with Crippen LogP contribution in [0.15, 0.2) is 47.6 Å². The fourth-order valence-electron chi connectivity index (χ4n) is 2.94. The lowest BCUT2D eigenvalue weighted by atomic mass is 10.1. The average Bonchev–Trinajstić information content (AvgIpc) is 2.72. The molecule has 142 valence electrons. The van der Waals surface area contributed by atoms with Crippen molar-refractivity contribution < 1.29 is 14.4 Å². The number of anilines is 1. The Labute approximate surface area is 157 Å². The Balaban J connectivity index is 1.68. The lowest BCUT2D eigenvalue weighted by molar-refractivity contribution is -0.384. The number of benzene rings is 2. The molecule has 2 aromatic rings. The van der Waals surface area contributed by atoms with Gasteiger partial charge >= 0.3 is 0 Å². The molecule has 1 fully saturated rings. The predicted molar refractivity (Wildman–Crippen MR) is 104 cm³/mol. The number of hydrazone groups is 1. The van der Waals surface area contributed by atoms with Crippen LogP contribution in [0.3, 0.4) is 0 Å². The normalized spacial score (nSPS) is 14.3. The lowest BCUT2D eigenvalue weighted by Gasteiger charge is -2.28. The molecule has 1 saturated heterocycles. The highest BCUT2D eigenvalue weighted by atomic mass is 16.6. The van der Waals surface area contributed by atoms with E-state index in [4.69, 9.17) is 9.47 Å². The molecule has 0 aliphatic carbocycles. The molecule has 8 nitrogen and oxygen atoms in total. The van der Waals surface area contributed by atoms with Crippen molar-refractivity contribution in [1.82, 2.24) is 5.43 Å². The number of morpholine rings is 1. The summed E-state index contributed by atoms with van der Waals surface area (Å²) in [5.41, 5.74) is 5.27. The van der Waals surface area contributed by atoms with Crippen LogP contribution < -0.4 is 15.1 Å². The molecule has 1 N–H and O–H groups in total. The smallest absolute Gasteiger partial charge is 0.293 e. The molecule has 0 aromatic heterocycles. The molecule has 1 aliphatic heterocycles. The van der Waals surface area contributed by atoms with Gasteiger partial charge in [-0.25, -0.2) is 0 Å². The van der Waals surface area contributed by atoms with Gasteiger partial charge in [-0.3, -0.25) is 10.1 Å². The second-order valence-corrected chi connectivity index (χ2v) is 6.01. The van der Waals surface area contributed by atoms with Crippen molar-refractivity contribution in [3.8, 4) is 5.75 Å². The Morgan fingerprint density at radius 1 is 1.30 bits per heavy atom. The highest BCUT2D eigenvalue weighted by Gasteiger charge is 2.21. The minimum Gasteiger partial charge on any atom is -0.496 e. The Kier molecular flexibility index (Phi) is 6.22. The first-order valence-corrected chi connectivity index (χ1v) is 8.68. The largest absolute Gasteiger partial charge is 0.496 e. The van der Waals surface area contributed by atoms with Crippen LogP contribution in [0.25, 0.3) is 0 Å². The summed E-state index contributed by atoms with van der Waals surface area (Å²) in [5, 5.41) is 15.6. The van der Waals surface area contributed by atoms with Crippen molar-refractivity contribution in [2.75, 3.05) is 38.3 Å². The van der Waals surface area contributed by atoms with Gasteiger partial charge in [0, 0.05) is 30.3 Å². The molecule has 0 bridgehead atoms. The molecule has 3 rings (SSSR count). The van der Waals surface area contributed by atoms with Gasteiger partial charge in [0.15, 0.2) is 0 Å². The third kappa shape index (κ3) is 4.73. The van der Waals surface area contributed by atoms with E-state index in [1.807, 2.05) is 35.2 Å². The van der Waals surface area contributed by atoms with Crippen molar-refractivity contribution in [1.29, 1.82) is 0 Å². The summed E-state index contributed by atoms with van der Waals surface area (Å²) < 4.78 is 10.6. The topological polar surface area (TPSA) is 89.2 Å². The number of nitrogens with zero attached hydrogens (tertiary/aromatic N) is 3. The van der Waals surface area contributed by atoms with Gasteiger partial charge in [-0.05, 0) is 12.1 Å². The van der Waals surface area contributed by atoms with Crippen LogP contribution >= 0.6 is 0 Å². The molecule has 1 heterocycles. The average molecular weight is 370 g/mol. The SMILES string of the molecule is COc1ccccc1CN/N=C/c1ccc(N2CCOCC2)c([N+](=O)[O-])c1. The highest BCUT2D eigenvalue weighted by molar-refractivity contribution is 5.83. The fourth-order valence-corrected chi connectivity index (χ4v) is 2.94. The number of nitro benzene ring substituents is 1. The molecule has 2 aromatic carbocycles. The zero-order valence-corrected chi connectivity index (χ0v) is 15.1. The van der Waals surface area contributed by atoms with Crippen molar-refractivity contribution in [2.24, 2.45) is 5.10 Å². The fraction of sp³-hybridized carbons (Fsp3) is 0.316. The van der Waals surface area contributed by atoms with Gasteiger partial charge < -0.3 is 19.8 Å². The number of methoxy groups -OCH3 is 1. The van der Waals surface area contributed by atoms with Crippen LogP contribution in [0.1, 0.15) is 11.1 Å². The summed E-state index contributed by atoms with van der Waals surface area (Å²) in [5.74, 6) is 0.783. The van der Waals surface area contributed by atoms with E-state index in [9.17, 15) is 10.1 Å². The molecule has 0 unspecified atom stereocenters. The zero-order valence-electron chi connectivity index (χ0n) is 15.1. The number of para-hydroxylation sites is 1. The third-order valence-corrected chi connectivity index (χ3v) is 4.31. The number of nitro groups is 1. The number of nitrogens with one attached hydrogen (secondary N) is 1. The van der Waals surface area contributed by atoms with Crippen molar-refractivity contribution in [3.05, 3.63) is 63.7 Å². The minimum absolute atomic E-state index is 0.0746. The van der Waals surface area contributed by atoms with Crippen molar-refractivity contribution >= 4 is 17.6 Å². The van der Waals surface area contributed by atoms with E-state index in [0.29, 0.717) is 44.1 Å². The molecule has 27 heavy (non-hydrogen) atoms. The quantitative estimate of drug-likeness (QED) is 0.458. The van der Waals surface area contributed by atoms with Gasteiger partial charge in [-0.15, -0.1) is 0 Å². The summed E-state index contributed by atoms with van der Waals surface area (Å²) in [6, 6.07) is 12.8. The number of hydrogen-bond acceptors (Lipinski definition) is 7. The van der Waals surface area contributed by atoms with Crippen LogP contribution in [0.5, 0.6) is 5.75 Å². The minimum atomic E-state index is -0.357. The van der Waals surface area contributed by atoms with Gasteiger partial charge in [0.25, 0.3) is 5.69 Å². The Morgan fingerprint density at radius 3 is 2.81 bits per heavy atom. The first kappa shape index (κ1) is 18.7. The molecule has 0 radical (unpaired) electrons. The molecular weight excluding hydrogens is 348 g/mol. The van der Waals surface area contributed by atoms with Crippen molar-refractivity contribution in [3.63, 3.8) is 0 Å². The molecule has 0 atom stereocenters. The van der Waals surface area contributed by atoms with Gasteiger partial charge in [0.1, 0.15) is 11.4 Å². The number of hydrogen-bond donors (Lipinski definition) is 1. The van der Waals surface area contributed by atoms with Crippen LogP contribution in [0.2, 0.25) is 0 Å². The first-order valence-electron chi connectivity index (χ1n) is 8.68. The standard InChI is InChI=1S/C19H22N4O4/c1-26-19-5-3-2-4-16(19)14-21-20-13-15-6-7-17(18(12-15)23(24)25)22-8-10-27-11-9-22/h2-7,12-13,21H,8-11,14H2,1H3/b20-13+. The van der Waals surface area contributed by atoms with E-state index in [1.165, 1.54) is 0 Å². The van der Waals surface area contributed by atoms with Gasteiger partial charge in [0.05, 0.1) is 38.0 Å². The molecule has 0 saturated carbocycles. The Bertz CT molecular complexity index is 819. The number of rotatable bonds is 7. The van der Waals surface area contributed by atoms with E-state index in [-0.39, 0.29) is 10.6 Å². The maximum Gasteiger partial charge on any atom is 0.293 e. The van der Waals surface area contributed by atoms with Gasteiger partial charge in [0.2, 0.25) is 0 Å². The maximum absolute atomic E-state index is 11.5. The van der Waals surface area contributed by atoms with Gasteiger partial charge in [-0.1, -0.05) is 24.3 Å². The maximum atomic E-state index is 11.5. The molecule has 1 aliphatic rings. The van der Waals surface area contributed by atoms with Crippen molar-refractivity contribution in [2.45, 2.75) is 6.54 Å². The molecule has 0 spiro atoms. The van der Waals surface area contributed by atoms with E-state index < -0.39 is 0 Å². The summed E-state index contributed by atoms with van der Waals surface area (Å²) in [6.07, 6.45) is 1.57. The van der Waals surface area contributed by atoms with Crippen LogP contribution in [-0.4, -0.2) is 44.6 Å². The summed E-state index contributed by atoms with van der Waals surface area (Å²) in [4.78, 5) is 13.1. The summed E-state index contributed by atoms with van der Waals surface area (Å²) >= 11 is 0. The monoisotopic (exact) mass is 370 g/mol. The molecular formula is C19H22N4O4. The summed E-state index contributed by atoms with van der Waals surface area (Å²) in [6.45, 7) is 2.94. The van der Waals surface area contributed by atoms with Crippen LogP contribution in [-0.2, 0) is 11.3 Å². The van der Waals surface area contributed by atoms with E-state index in [0.717, 1.165) is 11.3 Å². The van der Waals surface area contributed by atoms with Crippen LogP contribution in [0, 0.1) is 10.1 Å². The first-order chi connectivity index (χ1) is 13.2. The van der Waals surface area contributed by atoms with E-state index in [1.54, 1.807) is 25.5 Å². The second-order valence-electron chi connectivity index (χ2n) is 6.01. The summed E-state index contributed by atoms with van der Waals surface area (Å²) in [7, 11) is 1.62. The van der Waals surface area contributed by atoms with E-state index in [2.05, 4.69) is 10.5 Å². The van der Waals surface area contributed by atoms with Crippen LogP contribution in [0.4, 0.5) is 11.4 Å². The predicted octanol–water partition coefficient (Wildman–Crippen LogP) is 2.56. The highest BCUT2D eigenvalue weighted by Crippen LogP contribution is 2.29. The second kappa shape index (κ2) is 9.00.